The highest BCUT2D eigenvalue weighted by Gasteiger charge is 2.03. The Hall–Kier alpha value is -2.36. The number of nitrogens with zero attached hydrogens (tertiary/aromatic N) is 1. The lowest BCUT2D eigenvalue weighted by Gasteiger charge is -2.09. The number of nitro groups is 1. The van der Waals surface area contributed by atoms with Crippen molar-refractivity contribution in [1.82, 2.24) is 0 Å². The van der Waals surface area contributed by atoms with Crippen molar-refractivity contribution < 1.29 is 4.92 Å². The average molecular weight is 270 g/mol. The molecule has 0 unspecified atom stereocenters. The second kappa shape index (κ2) is 6.19. The van der Waals surface area contributed by atoms with Gasteiger partial charge in [0.2, 0.25) is 0 Å². The molecule has 4 nitrogen and oxygen atoms in total. The van der Waals surface area contributed by atoms with Gasteiger partial charge >= 0.3 is 0 Å². The van der Waals surface area contributed by atoms with Gasteiger partial charge in [-0.3, -0.25) is 10.1 Å². The number of rotatable bonds is 5. The Morgan fingerprint density at radius 2 is 1.65 bits per heavy atom. The van der Waals surface area contributed by atoms with Crippen LogP contribution in [0.1, 0.15) is 30.9 Å². The van der Waals surface area contributed by atoms with Crippen LogP contribution in [0.5, 0.6) is 0 Å². The van der Waals surface area contributed by atoms with E-state index >= 15 is 0 Å². The zero-order valence-corrected chi connectivity index (χ0v) is 11.7. The summed E-state index contributed by atoms with van der Waals surface area (Å²) in [6, 6.07) is 14.9. The molecule has 4 heteroatoms. The normalized spacial score (nSPS) is 10.6. The molecule has 20 heavy (non-hydrogen) atoms. The second-order valence-corrected chi connectivity index (χ2v) is 5.05. The van der Waals surface area contributed by atoms with Gasteiger partial charge in [-0.25, -0.2) is 0 Å². The maximum Gasteiger partial charge on any atom is 0.269 e. The van der Waals surface area contributed by atoms with Gasteiger partial charge in [0.1, 0.15) is 0 Å². The summed E-state index contributed by atoms with van der Waals surface area (Å²) < 4.78 is 0. The van der Waals surface area contributed by atoms with E-state index < -0.39 is 4.92 Å². The summed E-state index contributed by atoms with van der Waals surface area (Å²) in [5, 5.41) is 13.8. The van der Waals surface area contributed by atoms with Crippen molar-refractivity contribution in [3.63, 3.8) is 0 Å². The van der Waals surface area contributed by atoms with Crippen LogP contribution in [0.25, 0.3) is 0 Å². The molecule has 2 aromatic rings. The molecular formula is C16H18N2O2. The highest BCUT2D eigenvalue weighted by Crippen LogP contribution is 2.18. The van der Waals surface area contributed by atoms with E-state index in [2.05, 4.69) is 43.4 Å². The van der Waals surface area contributed by atoms with Crippen LogP contribution in [0, 0.1) is 10.1 Å². The van der Waals surface area contributed by atoms with Crippen LogP contribution in [-0.4, -0.2) is 4.92 Å². The smallest absolute Gasteiger partial charge is 0.269 e. The summed E-state index contributed by atoms with van der Waals surface area (Å²) >= 11 is 0. The largest absolute Gasteiger partial charge is 0.381 e. The van der Waals surface area contributed by atoms with Gasteiger partial charge in [0.25, 0.3) is 5.69 Å². The first-order valence-corrected chi connectivity index (χ1v) is 6.63. The number of hydrogen-bond donors (Lipinski definition) is 1. The fourth-order valence-electron chi connectivity index (χ4n) is 1.93. The lowest BCUT2D eigenvalue weighted by molar-refractivity contribution is -0.384. The first-order valence-electron chi connectivity index (χ1n) is 6.63. The van der Waals surface area contributed by atoms with Crippen LogP contribution in [0.15, 0.2) is 48.5 Å². The van der Waals surface area contributed by atoms with Gasteiger partial charge < -0.3 is 5.32 Å². The number of nitro benzene ring substituents is 1. The minimum Gasteiger partial charge on any atom is -0.381 e. The standard InChI is InChI=1S/C16H18N2O2/c1-12(2)14-5-3-13(4-6-14)11-17-15-7-9-16(10-8-15)18(19)20/h3-10,12,17H,11H2,1-2H3. The van der Waals surface area contributed by atoms with Crippen LogP contribution in [-0.2, 0) is 6.54 Å². The van der Waals surface area contributed by atoms with Crippen LogP contribution in [0.4, 0.5) is 11.4 Å². The molecule has 0 saturated carbocycles. The second-order valence-electron chi connectivity index (χ2n) is 5.05. The summed E-state index contributed by atoms with van der Waals surface area (Å²) in [5.41, 5.74) is 3.50. The summed E-state index contributed by atoms with van der Waals surface area (Å²) in [7, 11) is 0. The average Bonchev–Trinajstić information content (AvgIpc) is 2.46. The highest BCUT2D eigenvalue weighted by molar-refractivity contribution is 5.48. The van der Waals surface area contributed by atoms with E-state index in [0.29, 0.717) is 12.5 Å². The number of hydrogen-bond acceptors (Lipinski definition) is 3. The van der Waals surface area contributed by atoms with Crippen molar-refractivity contribution in [2.24, 2.45) is 0 Å². The highest BCUT2D eigenvalue weighted by atomic mass is 16.6. The number of anilines is 1. The van der Waals surface area contributed by atoms with E-state index in [1.165, 1.54) is 23.3 Å². The molecule has 0 aliphatic rings. The lowest BCUT2D eigenvalue weighted by atomic mass is 10.0. The van der Waals surface area contributed by atoms with Gasteiger partial charge in [0.15, 0.2) is 0 Å². The third kappa shape index (κ3) is 3.57. The van der Waals surface area contributed by atoms with E-state index in [1.54, 1.807) is 12.1 Å². The zero-order valence-electron chi connectivity index (χ0n) is 11.7. The molecule has 1 N–H and O–H groups in total. The summed E-state index contributed by atoms with van der Waals surface area (Å²) in [6.07, 6.45) is 0. The van der Waals surface area contributed by atoms with Crippen molar-refractivity contribution >= 4 is 11.4 Å². The molecule has 0 bridgehead atoms. The van der Waals surface area contributed by atoms with E-state index in [0.717, 1.165) is 5.69 Å². The third-order valence-electron chi connectivity index (χ3n) is 3.22. The summed E-state index contributed by atoms with van der Waals surface area (Å²) in [5.74, 6) is 0.534. The van der Waals surface area contributed by atoms with Gasteiger partial charge in [-0.1, -0.05) is 38.1 Å². The van der Waals surface area contributed by atoms with Crippen molar-refractivity contribution in [1.29, 1.82) is 0 Å². The first-order chi connectivity index (χ1) is 9.56. The van der Waals surface area contributed by atoms with E-state index in [4.69, 9.17) is 0 Å². The number of nitrogens with one attached hydrogen (secondary N) is 1. The predicted molar refractivity (Wildman–Crippen MR) is 81.0 cm³/mol. The molecule has 2 rings (SSSR count). The van der Waals surface area contributed by atoms with Crippen molar-refractivity contribution in [3.8, 4) is 0 Å². The molecule has 0 spiro atoms. The van der Waals surface area contributed by atoms with E-state index in [9.17, 15) is 10.1 Å². The molecule has 0 fully saturated rings. The van der Waals surface area contributed by atoms with E-state index in [1.807, 2.05) is 0 Å². The third-order valence-corrected chi connectivity index (χ3v) is 3.22. The molecule has 2 aromatic carbocycles. The fraction of sp³-hybridized carbons (Fsp3) is 0.250. The van der Waals surface area contributed by atoms with Crippen LogP contribution in [0.3, 0.4) is 0 Å². The first kappa shape index (κ1) is 14.1. The van der Waals surface area contributed by atoms with Gasteiger partial charge in [0, 0.05) is 24.4 Å². The zero-order chi connectivity index (χ0) is 14.5. The molecule has 0 aliphatic heterocycles. The predicted octanol–water partition coefficient (Wildman–Crippen LogP) is 4.33. The molecule has 0 aliphatic carbocycles. The van der Waals surface area contributed by atoms with Crippen molar-refractivity contribution in [2.75, 3.05) is 5.32 Å². The van der Waals surface area contributed by atoms with Crippen molar-refractivity contribution in [2.45, 2.75) is 26.3 Å². The van der Waals surface area contributed by atoms with Crippen LogP contribution >= 0.6 is 0 Å². The number of non-ortho nitro benzene ring substituents is 1. The van der Waals surface area contributed by atoms with Crippen LogP contribution < -0.4 is 5.32 Å². The molecular weight excluding hydrogens is 252 g/mol. The summed E-state index contributed by atoms with van der Waals surface area (Å²) in [6.45, 7) is 5.05. The SMILES string of the molecule is CC(C)c1ccc(CNc2ccc([N+](=O)[O-])cc2)cc1. The molecule has 0 amide bonds. The van der Waals surface area contributed by atoms with Gasteiger partial charge in [-0.2, -0.15) is 0 Å². The maximum absolute atomic E-state index is 10.6. The monoisotopic (exact) mass is 270 g/mol. The number of benzene rings is 2. The van der Waals surface area contributed by atoms with E-state index in [-0.39, 0.29) is 5.69 Å². The summed E-state index contributed by atoms with van der Waals surface area (Å²) in [4.78, 5) is 10.2. The minimum atomic E-state index is -0.394. The molecule has 0 radical (unpaired) electrons. The quantitative estimate of drug-likeness (QED) is 0.650. The molecule has 0 atom stereocenters. The Morgan fingerprint density at radius 1 is 1.05 bits per heavy atom. The fourth-order valence-corrected chi connectivity index (χ4v) is 1.93. The van der Waals surface area contributed by atoms with Gasteiger partial charge in [0.05, 0.1) is 4.92 Å². The van der Waals surface area contributed by atoms with Crippen LogP contribution in [0.2, 0.25) is 0 Å². The Labute approximate surface area is 118 Å². The molecule has 0 aromatic heterocycles. The lowest BCUT2D eigenvalue weighted by Crippen LogP contribution is -2.00. The maximum atomic E-state index is 10.6. The van der Waals surface area contributed by atoms with Crippen molar-refractivity contribution in [3.05, 3.63) is 69.8 Å². The minimum absolute atomic E-state index is 0.108. The molecule has 0 saturated heterocycles. The van der Waals surface area contributed by atoms with Gasteiger partial charge in [-0.15, -0.1) is 0 Å². The topological polar surface area (TPSA) is 55.2 Å². The Morgan fingerprint density at radius 3 is 2.15 bits per heavy atom. The Bertz CT molecular complexity index is 574. The Balaban J connectivity index is 1.96. The molecule has 0 heterocycles. The molecule has 104 valence electrons. The van der Waals surface area contributed by atoms with Gasteiger partial charge in [-0.05, 0) is 29.2 Å². The Kier molecular flexibility index (Phi) is 4.35.